The highest BCUT2D eigenvalue weighted by Crippen LogP contribution is 2.14. The molecule has 0 aliphatic rings. The van der Waals surface area contributed by atoms with E-state index in [9.17, 15) is 4.79 Å². The lowest BCUT2D eigenvalue weighted by molar-refractivity contribution is 0.0520. The number of nitrogens with zero attached hydrogens (tertiary/aromatic N) is 2. The van der Waals surface area contributed by atoms with Gasteiger partial charge in [0.2, 0.25) is 0 Å². The molecule has 2 aromatic heterocycles. The fourth-order valence-corrected chi connectivity index (χ4v) is 1.39. The van der Waals surface area contributed by atoms with E-state index >= 15 is 0 Å². The van der Waals surface area contributed by atoms with Crippen LogP contribution in [0.2, 0.25) is 0 Å². The minimum absolute atomic E-state index is 0.301. The van der Waals surface area contributed by atoms with Gasteiger partial charge in [-0.3, -0.25) is 0 Å². The van der Waals surface area contributed by atoms with Gasteiger partial charge in [-0.05, 0) is 13.0 Å². The second-order valence-electron chi connectivity index (χ2n) is 3.18. The van der Waals surface area contributed by atoms with Crippen LogP contribution >= 0.6 is 0 Å². The second-order valence-corrected chi connectivity index (χ2v) is 3.18. The first-order valence-corrected chi connectivity index (χ1v) is 4.94. The number of methoxy groups -OCH3 is 1. The number of rotatable bonds is 3. The van der Waals surface area contributed by atoms with Crippen molar-refractivity contribution in [2.45, 2.75) is 6.92 Å². The monoisotopic (exact) mass is 220 g/mol. The molecule has 0 saturated carbocycles. The fourth-order valence-electron chi connectivity index (χ4n) is 1.39. The lowest BCUT2D eigenvalue weighted by Gasteiger charge is -1.98. The molecule has 0 N–H and O–H groups in total. The van der Waals surface area contributed by atoms with E-state index in [1.54, 1.807) is 43.0 Å². The van der Waals surface area contributed by atoms with Crippen molar-refractivity contribution in [2.75, 3.05) is 13.7 Å². The number of hydrogen-bond donors (Lipinski definition) is 0. The molecule has 0 radical (unpaired) electrons. The zero-order valence-electron chi connectivity index (χ0n) is 9.14. The Morgan fingerprint density at radius 2 is 2.38 bits per heavy atom. The summed E-state index contributed by atoms with van der Waals surface area (Å²) in [5, 5.41) is 0. The average Bonchev–Trinajstić information content (AvgIpc) is 2.71. The normalized spacial score (nSPS) is 10.4. The van der Waals surface area contributed by atoms with Crippen LogP contribution in [0.25, 0.3) is 5.65 Å². The molecule has 5 heteroatoms. The molecule has 0 atom stereocenters. The molecule has 16 heavy (non-hydrogen) atoms. The summed E-state index contributed by atoms with van der Waals surface area (Å²) in [6.45, 7) is 2.10. The topological polar surface area (TPSA) is 52.8 Å². The molecule has 0 amide bonds. The summed E-state index contributed by atoms with van der Waals surface area (Å²) in [7, 11) is 1.58. The Labute approximate surface area is 92.6 Å². The Morgan fingerprint density at radius 1 is 1.56 bits per heavy atom. The Hall–Kier alpha value is -2.04. The van der Waals surface area contributed by atoms with Crippen molar-refractivity contribution in [1.82, 2.24) is 9.38 Å². The Morgan fingerprint density at radius 3 is 3.06 bits per heavy atom. The van der Waals surface area contributed by atoms with Crippen LogP contribution in [0, 0.1) is 0 Å². The standard InChI is InChI=1S/C11H12N2O3/c1-3-16-11(14)9-7-13-5-4-8(15-2)6-10(13)12-9/h4-7H,3H2,1-2H3. The summed E-state index contributed by atoms with van der Waals surface area (Å²) >= 11 is 0. The zero-order valence-corrected chi connectivity index (χ0v) is 9.14. The van der Waals surface area contributed by atoms with Crippen LogP contribution in [-0.2, 0) is 4.74 Å². The molecule has 0 aliphatic heterocycles. The highest BCUT2D eigenvalue weighted by molar-refractivity contribution is 5.88. The Balaban J connectivity index is 2.39. The third-order valence-electron chi connectivity index (χ3n) is 2.15. The zero-order chi connectivity index (χ0) is 11.5. The van der Waals surface area contributed by atoms with Crippen LogP contribution < -0.4 is 4.74 Å². The van der Waals surface area contributed by atoms with E-state index in [4.69, 9.17) is 9.47 Å². The van der Waals surface area contributed by atoms with Crippen molar-refractivity contribution >= 4 is 11.6 Å². The first-order chi connectivity index (χ1) is 7.74. The number of carbonyl (C=O) groups excluding carboxylic acids is 1. The van der Waals surface area contributed by atoms with Gasteiger partial charge in [-0.1, -0.05) is 0 Å². The molecule has 2 rings (SSSR count). The van der Waals surface area contributed by atoms with E-state index in [2.05, 4.69) is 4.98 Å². The van der Waals surface area contributed by atoms with Crippen molar-refractivity contribution in [3.63, 3.8) is 0 Å². The van der Waals surface area contributed by atoms with Crippen molar-refractivity contribution in [3.8, 4) is 5.75 Å². The van der Waals surface area contributed by atoms with Gasteiger partial charge in [0.05, 0.1) is 13.7 Å². The van der Waals surface area contributed by atoms with E-state index in [1.807, 2.05) is 0 Å². The molecular weight excluding hydrogens is 208 g/mol. The van der Waals surface area contributed by atoms with Gasteiger partial charge < -0.3 is 13.9 Å². The largest absolute Gasteiger partial charge is 0.497 e. The highest BCUT2D eigenvalue weighted by atomic mass is 16.5. The van der Waals surface area contributed by atoms with Gasteiger partial charge in [-0.2, -0.15) is 0 Å². The molecule has 5 nitrogen and oxygen atoms in total. The number of aromatic nitrogens is 2. The summed E-state index contributed by atoms with van der Waals surface area (Å²) in [5.41, 5.74) is 0.956. The number of hydrogen-bond acceptors (Lipinski definition) is 4. The number of imidazole rings is 1. The van der Waals surface area contributed by atoms with E-state index in [0.717, 1.165) is 0 Å². The second kappa shape index (κ2) is 4.22. The van der Waals surface area contributed by atoms with Gasteiger partial charge in [0.1, 0.15) is 11.4 Å². The molecular formula is C11H12N2O3. The van der Waals surface area contributed by atoms with E-state index < -0.39 is 5.97 Å². The molecule has 0 fully saturated rings. The predicted molar refractivity (Wildman–Crippen MR) is 57.7 cm³/mol. The first kappa shape index (κ1) is 10.5. The van der Waals surface area contributed by atoms with Gasteiger partial charge in [0, 0.05) is 18.5 Å². The Bertz CT molecular complexity index is 519. The van der Waals surface area contributed by atoms with Crippen molar-refractivity contribution in [2.24, 2.45) is 0 Å². The minimum atomic E-state index is -0.412. The lowest BCUT2D eigenvalue weighted by Crippen LogP contribution is -2.04. The van der Waals surface area contributed by atoms with Crippen LogP contribution in [-0.4, -0.2) is 29.1 Å². The fraction of sp³-hybridized carbons (Fsp3) is 0.273. The molecule has 2 aromatic rings. The minimum Gasteiger partial charge on any atom is -0.497 e. The molecule has 0 unspecified atom stereocenters. The Kier molecular flexibility index (Phi) is 2.76. The number of fused-ring (bicyclic) bond motifs is 1. The first-order valence-electron chi connectivity index (χ1n) is 4.94. The SMILES string of the molecule is CCOC(=O)c1cn2ccc(OC)cc2n1. The van der Waals surface area contributed by atoms with E-state index in [-0.39, 0.29) is 0 Å². The third-order valence-corrected chi connectivity index (χ3v) is 2.15. The van der Waals surface area contributed by atoms with Gasteiger partial charge >= 0.3 is 5.97 Å². The summed E-state index contributed by atoms with van der Waals surface area (Å²) in [4.78, 5) is 15.6. The molecule has 0 saturated heterocycles. The third kappa shape index (κ3) is 1.84. The maximum atomic E-state index is 11.4. The summed E-state index contributed by atoms with van der Waals surface area (Å²) in [6, 6.07) is 3.55. The van der Waals surface area contributed by atoms with Crippen LogP contribution in [0.1, 0.15) is 17.4 Å². The lowest BCUT2D eigenvalue weighted by atomic mass is 10.4. The highest BCUT2D eigenvalue weighted by Gasteiger charge is 2.11. The van der Waals surface area contributed by atoms with Crippen LogP contribution in [0.5, 0.6) is 5.75 Å². The molecule has 2 heterocycles. The van der Waals surface area contributed by atoms with Crippen molar-refractivity contribution in [1.29, 1.82) is 0 Å². The smallest absolute Gasteiger partial charge is 0.358 e. The van der Waals surface area contributed by atoms with Gasteiger partial charge in [-0.15, -0.1) is 0 Å². The summed E-state index contributed by atoms with van der Waals surface area (Å²) in [5.74, 6) is 0.290. The van der Waals surface area contributed by atoms with Crippen LogP contribution in [0.4, 0.5) is 0 Å². The molecule has 0 spiro atoms. The maximum Gasteiger partial charge on any atom is 0.358 e. The predicted octanol–water partition coefficient (Wildman–Crippen LogP) is 1.52. The van der Waals surface area contributed by atoms with Crippen LogP contribution in [0.3, 0.4) is 0 Å². The number of ether oxygens (including phenoxy) is 2. The van der Waals surface area contributed by atoms with Crippen molar-refractivity contribution in [3.05, 3.63) is 30.2 Å². The number of esters is 1. The summed E-state index contributed by atoms with van der Waals surface area (Å²) < 4.78 is 11.7. The van der Waals surface area contributed by atoms with Gasteiger partial charge in [0.25, 0.3) is 0 Å². The summed E-state index contributed by atoms with van der Waals surface area (Å²) in [6.07, 6.45) is 3.41. The van der Waals surface area contributed by atoms with Crippen molar-refractivity contribution < 1.29 is 14.3 Å². The molecule has 0 aliphatic carbocycles. The van der Waals surface area contributed by atoms with Crippen LogP contribution in [0.15, 0.2) is 24.5 Å². The molecule has 84 valence electrons. The van der Waals surface area contributed by atoms with Gasteiger partial charge in [-0.25, -0.2) is 9.78 Å². The average molecular weight is 220 g/mol. The molecule has 0 aromatic carbocycles. The quantitative estimate of drug-likeness (QED) is 0.736. The van der Waals surface area contributed by atoms with Gasteiger partial charge in [0.15, 0.2) is 5.69 Å². The number of pyridine rings is 1. The maximum absolute atomic E-state index is 11.4. The number of carbonyl (C=O) groups is 1. The van der Waals surface area contributed by atoms with E-state index in [0.29, 0.717) is 23.7 Å². The van der Waals surface area contributed by atoms with E-state index in [1.165, 1.54) is 0 Å². The molecule has 0 bridgehead atoms.